The SMILES string of the molecule is CC(C)C(NC(=O)C(CO)NC(=O)C(NC(=O)C1CCCN1)C(C)O)C(=O)O. The first-order valence-electron chi connectivity index (χ1n) is 9.24. The molecule has 0 spiro atoms. The number of aliphatic hydroxyl groups is 2. The van der Waals surface area contributed by atoms with Gasteiger partial charge >= 0.3 is 5.97 Å². The highest BCUT2D eigenvalue weighted by Gasteiger charge is 2.33. The molecule has 0 aromatic heterocycles. The molecule has 11 nitrogen and oxygen atoms in total. The fourth-order valence-corrected chi connectivity index (χ4v) is 2.79. The number of amides is 3. The van der Waals surface area contributed by atoms with E-state index in [0.717, 1.165) is 6.42 Å². The molecule has 11 heteroatoms. The Balaban J connectivity index is 2.75. The molecule has 1 saturated heterocycles. The molecule has 0 aromatic rings. The van der Waals surface area contributed by atoms with Crippen LogP contribution in [0, 0.1) is 5.92 Å². The monoisotopic (exact) mass is 402 g/mol. The molecular weight excluding hydrogens is 372 g/mol. The van der Waals surface area contributed by atoms with Gasteiger partial charge in [0.2, 0.25) is 17.7 Å². The molecule has 1 fully saturated rings. The zero-order chi connectivity index (χ0) is 21.4. The van der Waals surface area contributed by atoms with Crippen LogP contribution < -0.4 is 21.3 Å². The topological polar surface area (TPSA) is 177 Å². The molecule has 0 radical (unpaired) electrons. The molecule has 28 heavy (non-hydrogen) atoms. The van der Waals surface area contributed by atoms with Gasteiger partial charge in [0.05, 0.1) is 18.8 Å². The van der Waals surface area contributed by atoms with Crippen LogP contribution in [0.5, 0.6) is 0 Å². The highest BCUT2D eigenvalue weighted by atomic mass is 16.4. The second-order valence-electron chi connectivity index (χ2n) is 7.19. The van der Waals surface area contributed by atoms with E-state index in [1.54, 1.807) is 13.8 Å². The Labute approximate surface area is 163 Å². The summed E-state index contributed by atoms with van der Waals surface area (Å²) >= 11 is 0. The number of carbonyl (C=O) groups excluding carboxylic acids is 3. The van der Waals surface area contributed by atoms with Crippen molar-refractivity contribution in [2.45, 2.75) is 63.9 Å². The van der Waals surface area contributed by atoms with Gasteiger partial charge in [-0.15, -0.1) is 0 Å². The summed E-state index contributed by atoms with van der Waals surface area (Å²) < 4.78 is 0. The van der Waals surface area contributed by atoms with Gasteiger partial charge in [-0.3, -0.25) is 14.4 Å². The molecule has 5 atom stereocenters. The van der Waals surface area contributed by atoms with Crippen molar-refractivity contribution < 1.29 is 34.5 Å². The van der Waals surface area contributed by atoms with Gasteiger partial charge < -0.3 is 36.6 Å². The van der Waals surface area contributed by atoms with Crippen molar-refractivity contribution in [2.75, 3.05) is 13.2 Å². The maximum atomic E-state index is 12.4. The summed E-state index contributed by atoms with van der Waals surface area (Å²) in [5.41, 5.74) is 0. The van der Waals surface area contributed by atoms with Crippen LogP contribution in [-0.2, 0) is 19.2 Å². The van der Waals surface area contributed by atoms with Crippen LogP contribution in [-0.4, -0.2) is 82.4 Å². The summed E-state index contributed by atoms with van der Waals surface area (Å²) in [6.45, 7) is 4.40. The quantitative estimate of drug-likeness (QED) is 0.206. The number of aliphatic carboxylic acids is 1. The van der Waals surface area contributed by atoms with Crippen molar-refractivity contribution in [2.24, 2.45) is 5.92 Å². The Morgan fingerprint density at radius 3 is 2.11 bits per heavy atom. The van der Waals surface area contributed by atoms with E-state index < -0.39 is 66.5 Å². The minimum atomic E-state index is -1.43. The number of carboxylic acids is 1. The van der Waals surface area contributed by atoms with Crippen molar-refractivity contribution >= 4 is 23.7 Å². The molecule has 0 aliphatic carbocycles. The lowest BCUT2D eigenvalue weighted by Gasteiger charge is -2.26. The van der Waals surface area contributed by atoms with E-state index >= 15 is 0 Å². The third-order valence-corrected chi connectivity index (χ3v) is 4.49. The minimum absolute atomic E-state index is 0.417. The number of hydrogen-bond donors (Lipinski definition) is 7. The molecular formula is C17H30N4O7. The molecule has 7 N–H and O–H groups in total. The summed E-state index contributed by atoms with van der Waals surface area (Å²) in [6.07, 6.45) is 0.167. The number of carbonyl (C=O) groups is 4. The molecule has 1 rings (SSSR count). The Morgan fingerprint density at radius 1 is 1.04 bits per heavy atom. The molecule has 1 aliphatic heterocycles. The fraction of sp³-hybridized carbons (Fsp3) is 0.765. The van der Waals surface area contributed by atoms with Crippen molar-refractivity contribution in [1.29, 1.82) is 0 Å². The van der Waals surface area contributed by atoms with Gasteiger partial charge in [0.15, 0.2) is 0 Å². The summed E-state index contributed by atoms with van der Waals surface area (Å²) in [4.78, 5) is 48.1. The Bertz CT molecular complexity index is 576. The molecule has 160 valence electrons. The minimum Gasteiger partial charge on any atom is -0.480 e. The number of nitrogens with one attached hydrogen (secondary N) is 4. The van der Waals surface area contributed by atoms with Crippen molar-refractivity contribution in [3.8, 4) is 0 Å². The number of carboxylic acid groups (broad SMARTS) is 1. The normalized spacial score (nSPS) is 20.7. The van der Waals surface area contributed by atoms with Crippen molar-refractivity contribution in [1.82, 2.24) is 21.3 Å². The Kier molecular flexibility index (Phi) is 9.29. The van der Waals surface area contributed by atoms with Crippen molar-refractivity contribution in [3.63, 3.8) is 0 Å². The first-order chi connectivity index (χ1) is 13.1. The molecule has 1 aliphatic rings. The Hall–Kier alpha value is -2.24. The molecule has 0 aromatic carbocycles. The van der Waals surface area contributed by atoms with E-state index in [4.69, 9.17) is 5.11 Å². The van der Waals surface area contributed by atoms with Crippen LogP contribution in [0.2, 0.25) is 0 Å². The lowest BCUT2D eigenvalue weighted by atomic mass is 10.0. The summed E-state index contributed by atoms with van der Waals surface area (Å²) in [5, 5.41) is 38.3. The van der Waals surface area contributed by atoms with Gasteiger partial charge in [0, 0.05) is 0 Å². The van der Waals surface area contributed by atoms with Crippen LogP contribution >= 0.6 is 0 Å². The van der Waals surface area contributed by atoms with Crippen molar-refractivity contribution in [3.05, 3.63) is 0 Å². The highest BCUT2D eigenvalue weighted by Crippen LogP contribution is 2.06. The first kappa shape index (κ1) is 23.8. The fourth-order valence-electron chi connectivity index (χ4n) is 2.79. The van der Waals surface area contributed by atoms with Gasteiger partial charge in [0.1, 0.15) is 18.1 Å². The summed E-state index contributed by atoms with van der Waals surface area (Å²) in [7, 11) is 0. The van der Waals surface area contributed by atoms with Gasteiger partial charge in [-0.1, -0.05) is 13.8 Å². The molecule has 5 unspecified atom stereocenters. The second kappa shape index (κ2) is 10.9. The lowest BCUT2D eigenvalue weighted by molar-refractivity contribution is -0.144. The average molecular weight is 402 g/mol. The van der Waals surface area contributed by atoms with Gasteiger partial charge in [0.25, 0.3) is 0 Å². The smallest absolute Gasteiger partial charge is 0.326 e. The van der Waals surface area contributed by atoms with Gasteiger partial charge in [-0.25, -0.2) is 4.79 Å². The molecule has 3 amide bonds. The van der Waals surface area contributed by atoms with E-state index in [0.29, 0.717) is 13.0 Å². The maximum absolute atomic E-state index is 12.4. The van der Waals surface area contributed by atoms with Crippen LogP contribution in [0.25, 0.3) is 0 Å². The predicted octanol–water partition coefficient (Wildman–Crippen LogP) is -2.69. The standard InChI is InChI=1S/C17H30N4O7/c1-8(2)12(17(27)28)20-15(25)11(7-22)19-16(26)13(9(3)23)21-14(24)10-5-4-6-18-10/h8-13,18,22-23H,4-7H2,1-3H3,(H,19,26)(H,20,25)(H,21,24)(H,27,28). The number of rotatable bonds is 10. The van der Waals surface area contributed by atoms with Crippen LogP contribution in [0.3, 0.4) is 0 Å². The van der Waals surface area contributed by atoms with E-state index in [-0.39, 0.29) is 0 Å². The summed E-state index contributed by atoms with van der Waals surface area (Å²) in [5.74, 6) is -3.86. The summed E-state index contributed by atoms with van der Waals surface area (Å²) in [6, 6.07) is -4.43. The number of hydrogen-bond acceptors (Lipinski definition) is 7. The van der Waals surface area contributed by atoms with Crippen LogP contribution in [0.15, 0.2) is 0 Å². The largest absolute Gasteiger partial charge is 0.480 e. The third kappa shape index (κ3) is 6.73. The zero-order valence-corrected chi connectivity index (χ0v) is 16.3. The lowest BCUT2D eigenvalue weighted by Crippen LogP contribution is -2.60. The maximum Gasteiger partial charge on any atom is 0.326 e. The van der Waals surface area contributed by atoms with Gasteiger partial charge in [-0.05, 0) is 32.2 Å². The first-order valence-corrected chi connectivity index (χ1v) is 9.24. The van der Waals surface area contributed by atoms with E-state index in [1.165, 1.54) is 6.92 Å². The van der Waals surface area contributed by atoms with E-state index in [1.807, 2.05) is 0 Å². The van der Waals surface area contributed by atoms with E-state index in [2.05, 4.69) is 21.3 Å². The third-order valence-electron chi connectivity index (χ3n) is 4.49. The molecule has 1 heterocycles. The van der Waals surface area contributed by atoms with Gasteiger partial charge in [-0.2, -0.15) is 0 Å². The average Bonchev–Trinajstić information content (AvgIpc) is 3.15. The van der Waals surface area contributed by atoms with Crippen LogP contribution in [0.1, 0.15) is 33.6 Å². The number of aliphatic hydroxyl groups excluding tert-OH is 2. The highest BCUT2D eigenvalue weighted by molar-refractivity contribution is 5.94. The van der Waals surface area contributed by atoms with E-state index in [9.17, 15) is 29.4 Å². The predicted molar refractivity (Wildman–Crippen MR) is 98.1 cm³/mol. The second-order valence-corrected chi connectivity index (χ2v) is 7.19. The van der Waals surface area contributed by atoms with Crippen LogP contribution in [0.4, 0.5) is 0 Å². The molecule has 0 bridgehead atoms. The Morgan fingerprint density at radius 2 is 1.68 bits per heavy atom. The molecule has 0 saturated carbocycles. The zero-order valence-electron chi connectivity index (χ0n) is 16.3.